The molecule has 0 unspecified atom stereocenters. The van der Waals surface area contributed by atoms with Gasteiger partial charge in [-0.3, -0.25) is 0 Å². The maximum absolute atomic E-state index is 10.1. The van der Waals surface area contributed by atoms with E-state index in [1.54, 1.807) is 0 Å². The molecular formula is C3H6O4S. The van der Waals surface area contributed by atoms with Crippen LogP contribution in [0.4, 0.5) is 4.79 Å². The van der Waals surface area contributed by atoms with Crippen molar-refractivity contribution in [2.24, 2.45) is 0 Å². The van der Waals surface area contributed by atoms with Crippen molar-refractivity contribution in [3.8, 4) is 0 Å². The number of carbonyl (C=O) groups is 1. The van der Waals surface area contributed by atoms with Gasteiger partial charge in [0.15, 0.2) is 0 Å². The van der Waals surface area contributed by atoms with Crippen molar-refractivity contribution in [3.05, 3.63) is 0 Å². The van der Waals surface area contributed by atoms with Crippen LogP contribution in [-0.2, 0) is 14.6 Å². The van der Waals surface area contributed by atoms with Crippen LogP contribution in [0.3, 0.4) is 0 Å². The van der Waals surface area contributed by atoms with Crippen molar-refractivity contribution in [1.82, 2.24) is 0 Å². The molecule has 0 spiro atoms. The summed E-state index contributed by atoms with van der Waals surface area (Å²) in [6.07, 6.45) is 0.791. The monoisotopic (exact) mass is 138 g/mol. The lowest BCUT2D eigenvalue weighted by Gasteiger charge is -1.90. The lowest BCUT2D eigenvalue weighted by molar-refractivity contribution is 0.197. The number of carbonyl (C=O) groups excluding carboxylic acids is 1. The van der Waals surface area contributed by atoms with E-state index in [1.165, 1.54) is 0 Å². The number of ether oxygens (including phenoxy) is 1. The average Bonchev–Trinajstić information content (AvgIpc) is 1.62. The molecule has 0 saturated heterocycles. The third kappa shape index (κ3) is 1.92. The van der Waals surface area contributed by atoms with Gasteiger partial charge in [-0.1, -0.05) is 0 Å². The normalized spacial score (nSPS) is 10.8. The molecule has 0 radical (unpaired) electrons. The molecule has 0 saturated carbocycles. The van der Waals surface area contributed by atoms with Gasteiger partial charge >= 0.3 is 5.30 Å². The van der Waals surface area contributed by atoms with Crippen molar-refractivity contribution >= 4 is 15.1 Å². The molecule has 4 nitrogen and oxygen atoms in total. The zero-order chi connectivity index (χ0) is 6.78. The van der Waals surface area contributed by atoms with Gasteiger partial charge in [0.05, 0.1) is 13.4 Å². The molecule has 0 amide bonds. The van der Waals surface area contributed by atoms with E-state index in [2.05, 4.69) is 4.74 Å². The molecule has 0 aliphatic heterocycles. The van der Waals surface area contributed by atoms with Crippen LogP contribution in [0.1, 0.15) is 0 Å². The fraction of sp³-hybridized carbons (Fsp3) is 0.667. The van der Waals surface area contributed by atoms with E-state index in [4.69, 9.17) is 0 Å². The first-order valence-corrected chi connectivity index (χ1v) is 3.65. The van der Waals surface area contributed by atoms with Crippen molar-refractivity contribution in [3.63, 3.8) is 0 Å². The molecule has 48 valence electrons. The Hall–Kier alpha value is -0.580. The van der Waals surface area contributed by atoms with Crippen molar-refractivity contribution < 1.29 is 17.9 Å². The predicted molar refractivity (Wildman–Crippen MR) is 27.2 cm³/mol. The summed E-state index contributed by atoms with van der Waals surface area (Å²) >= 11 is 0. The first-order chi connectivity index (χ1) is 3.48. The van der Waals surface area contributed by atoms with E-state index < -0.39 is 15.1 Å². The lowest BCUT2D eigenvalue weighted by atomic mass is 11.5. The van der Waals surface area contributed by atoms with E-state index in [9.17, 15) is 13.2 Å². The molecule has 0 aliphatic carbocycles. The zero-order valence-electron chi connectivity index (χ0n) is 4.54. The summed E-state index contributed by atoms with van der Waals surface area (Å²) < 4.78 is 24.1. The smallest absolute Gasteiger partial charge is 0.424 e. The minimum absolute atomic E-state index is 0.791. The van der Waals surface area contributed by atoms with Crippen LogP contribution in [0.25, 0.3) is 0 Å². The van der Waals surface area contributed by atoms with Crippen molar-refractivity contribution in [2.75, 3.05) is 13.4 Å². The second-order valence-corrected chi connectivity index (χ2v) is 3.10. The topological polar surface area (TPSA) is 60.4 Å². The molecule has 5 heteroatoms. The minimum Gasteiger partial charge on any atom is -0.457 e. The van der Waals surface area contributed by atoms with Crippen LogP contribution >= 0.6 is 0 Å². The molecule has 0 fully saturated rings. The number of rotatable bonds is 0. The Morgan fingerprint density at radius 3 is 1.88 bits per heavy atom. The van der Waals surface area contributed by atoms with Crippen molar-refractivity contribution in [1.29, 1.82) is 0 Å². The molecule has 0 bridgehead atoms. The summed E-state index contributed by atoms with van der Waals surface area (Å²) in [6.45, 7) is 0. The Bertz CT molecular complexity index is 177. The summed E-state index contributed by atoms with van der Waals surface area (Å²) in [6, 6.07) is 0. The first-order valence-electron chi connectivity index (χ1n) is 1.76. The number of methoxy groups -OCH3 is 1. The van der Waals surface area contributed by atoms with Crippen LogP contribution in [0.2, 0.25) is 0 Å². The highest BCUT2D eigenvalue weighted by Crippen LogP contribution is 1.86. The van der Waals surface area contributed by atoms with Gasteiger partial charge in [-0.05, 0) is 0 Å². The van der Waals surface area contributed by atoms with Gasteiger partial charge in [-0.15, -0.1) is 0 Å². The van der Waals surface area contributed by atoms with E-state index in [1.807, 2.05) is 0 Å². The molecule has 0 heterocycles. The molecule has 0 aromatic heterocycles. The Morgan fingerprint density at radius 1 is 1.50 bits per heavy atom. The van der Waals surface area contributed by atoms with E-state index in [0.29, 0.717) is 0 Å². The highest BCUT2D eigenvalue weighted by molar-refractivity contribution is 8.05. The van der Waals surface area contributed by atoms with Crippen LogP contribution in [0.15, 0.2) is 0 Å². The minimum atomic E-state index is -3.61. The molecule has 0 rings (SSSR count). The van der Waals surface area contributed by atoms with Crippen LogP contribution in [-0.4, -0.2) is 27.1 Å². The van der Waals surface area contributed by atoms with E-state index in [-0.39, 0.29) is 0 Å². The highest BCUT2D eigenvalue weighted by atomic mass is 32.2. The molecule has 0 N–H and O–H groups in total. The van der Waals surface area contributed by atoms with Crippen LogP contribution in [0.5, 0.6) is 0 Å². The summed E-state index contributed by atoms with van der Waals surface area (Å²) in [5.41, 5.74) is 0. The second kappa shape index (κ2) is 2.13. The molecule has 0 aromatic rings. The van der Waals surface area contributed by atoms with Gasteiger partial charge in [0.2, 0.25) is 9.84 Å². The fourth-order valence-corrected chi connectivity index (χ4v) is 0.454. The third-order valence-corrected chi connectivity index (χ3v) is 1.24. The van der Waals surface area contributed by atoms with Gasteiger partial charge in [-0.25, -0.2) is 13.2 Å². The molecular weight excluding hydrogens is 132 g/mol. The lowest BCUT2D eigenvalue weighted by Crippen LogP contribution is -2.11. The largest absolute Gasteiger partial charge is 0.457 e. The predicted octanol–water partition coefficient (Wildman–Crippen LogP) is -0.203. The third-order valence-electron chi connectivity index (χ3n) is 0.469. The first kappa shape index (κ1) is 7.42. The van der Waals surface area contributed by atoms with Gasteiger partial charge < -0.3 is 4.74 Å². The number of hydrogen-bond acceptors (Lipinski definition) is 4. The Kier molecular flexibility index (Phi) is 1.97. The SMILES string of the molecule is COC(=O)S(C)(=O)=O. The zero-order valence-corrected chi connectivity index (χ0v) is 5.36. The average molecular weight is 138 g/mol. The molecule has 0 aliphatic rings. The van der Waals surface area contributed by atoms with E-state index in [0.717, 1.165) is 13.4 Å². The summed E-state index contributed by atoms with van der Waals surface area (Å²) in [5.74, 6) is 0. The van der Waals surface area contributed by atoms with Gasteiger partial charge in [-0.2, -0.15) is 0 Å². The van der Waals surface area contributed by atoms with Gasteiger partial charge in [0.1, 0.15) is 0 Å². The fourth-order valence-electron chi connectivity index (χ4n) is 0.151. The van der Waals surface area contributed by atoms with Crippen molar-refractivity contribution in [2.45, 2.75) is 0 Å². The Labute approximate surface area is 47.4 Å². The van der Waals surface area contributed by atoms with Crippen LogP contribution in [0, 0.1) is 0 Å². The second-order valence-electron chi connectivity index (χ2n) is 1.23. The maximum atomic E-state index is 10.1. The number of hydrogen-bond donors (Lipinski definition) is 0. The van der Waals surface area contributed by atoms with E-state index >= 15 is 0 Å². The molecule has 0 aromatic carbocycles. The maximum Gasteiger partial charge on any atom is 0.424 e. The van der Waals surface area contributed by atoms with Gasteiger partial charge in [0, 0.05) is 0 Å². The summed E-state index contributed by atoms with van der Waals surface area (Å²) in [5, 5.41) is -1.20. The van der Waals surface area contributed by atoms with Crippen LogP contribution < -0.4 is 0 Å². The highest BCUT2D eigenvalue weighted by Gasteiger charge is 2.14. The number of sulfone groups is 1. The Balaban J connectivity index is 4.29. The Morgan fingerprint density at radius 2 is 1.88 bits per heavy atom. The summed E-state index contributed by atoms with van der Waals surface area (Å²) in [7, 11) is -2.60. The standard InChI is InChI=1S/C3H6O4S/c1-7-3(4)8(2,5)6/h1-2H3. The molecule has 8 heavy (non-hydrogen) atoms. The molecule has 0 atom stereocenters. The quantitative estimate of drug-likeness (QED) is 0.435. The van der Waals surface area contributed by atoms with Gasteiger partial charge in [0.25, 0.3) is 0 Å². The summed E-state index contributed by atoms with van der Waals surface area (Å²) in [4.78, 5) is 10.0.